The number of nitrogens with one attached hydrogen (secondary N) is 1. The second kappa shape index (κ2) is 8.15. The molecule has 0 aromatic heterocycles. The maximum atomic E-state index is 11.6. The standard InChI is InChI=1S/C14H14BrN3O5S/c1-22-9-4-10(23-2)8(15)3-7(9)6-16-18-14-17-13(21)11(24-14)5-12(19)20/h3-4,6,11H,5H2,1-2H3,(H,19,20)(H,17,18,21)/b16-6+. The molecule has 0 radical (unpaired) electrons. The van der Waals surface area contributed by atoms with Crippen LogP contribution in [-0.2, 0) is 9.59 Å². The number of hydrogen-bond acceptors (Lipinski definition) is 7. The zero-order valence-corrected chi connectivity index (χ0v) is 15.2. The number of hydrogen-bond donors (Lipinski definition) is 2. The first-order valence-corrected chi connectivity index (χ1v) is 8.33. The molecule has 1 fully saturated rings. The molecule has 1 aliphatic heterocycles. The van der Waals surface area contributed by atoms with Crippen molar-refractivity contribution < 1.29 is 24.2 Å². The van der Waals surface area contributed by atoms with Gasteiger partial charge in [0.2, 0.25) is 5.91 Å². The van der Waals surface area contributed by atoms with Crippen molar-refractivity contribution in [2.75, 3.05) is 14.2 Å². The second-order valence-electron chi connectivity index (χ2n) is 4.57. The Labute approximate surface area is 150 Å². The van der Waals surface area contributed by atoms with Crippen LogP contribution in [0.2, 0.25) is 0 Å². The predicted molar refractivity (Wildman–Crippen MR) is 94.0 cm³/mol. The van der Waals surface area contributed by atoms with Crippen molar-refractivity contribution in [3.8, 4) is 11.5 Å². The molecule has 2 rings (SSSR count). The fraction of sp³-hybridized carbons (Fsp3) is 0.286. The highest BCUT2D eigenvalue weighted by Crippen LogP contribution is 2.32. The predicted octanol–water partition coefficient (Wildman–Crippen LogP) is 1.86. The quantitative estimate of drug-likeness (QED) is 0.541. The summed E-state index contributed by atoms with van der Waals surface area (Å²) in [6.07, 6.45) is 1.20. The van der Waals surface area contributed by atoms with Crippen LogP contribution in [-0.4, -0.2) is 47.8 Å². The molecule has 1 aromatic carbocycles. The third-order valence-corrected chi connectivity index (χ3v) is 4.68. The Morgan fingerprint density at radius 3 is 2.75 bits per heavy atom. The van der Waals surface area contributed by atoms with Crippen LogP contribution < -0.4 is 14.8 Å². The van der Waals surface area contributed by atoms with Crippen LogP contribution in [0.5, 0.6) is 11.5 Å². The van der Waals surface area contributed by atoms with Gasteiger partial charge in [0.05, 0.1) is 31.3 Å². The summed E-state index contributed by atoms with van der Waals surface area (Å²) in [5.74, 6) is -0.266. The molecule has 8 nitrogen and oxygen atoms in total. The van der Waals surface area contributed by atoms with E-state index in [4.69, 9.17) is 14.6 Å². The molecule has 24 heavy (non-hydrogen) atoms. The Morgan fingerprint density at radius 2 is 2.12 bits per heavy atom. The minimum atomic E-state index is -1.04. The average molecular weight is 416 g/mol. The van der Waals surface area contributed by atoms with Gasteiger partial charge in [0, 0.05) is 11.6 Å². The normalized spacial score (nSPS) is 18.9. The summed E-state index contributed by atoms with van der Waals surface area (Å²) in [4.78, 5) is 22.3. The molecule has 10 heteroatoms. The highest BCUT2D eigenvalue weighted by atomic mass is 79.9. The number of carbonyl (C=O) groups is 2. The number of thioether (sulfide) groups is 1. The first kappa shape index (κ1) is 18.3. The van der Waals surface area contributed by atoms with Gasteiger partial charge in [-0.05, 0) is 22.0 Å². The Morgan fingerprint density at radius 1 is 1.42 bits per heavy atom. The molecular weight excluding hydrogens is 402 g/mol. The SMILES string of the molecule is COc1cc(OC)c(/C=N/N=C2\NC(=O)C(CC(=O)O)S2)cc1Br. The molecule has 1 aliphatic rings. The molecule has 0 spiro atoms. The number of amides is 1. The van der Waals surface area contributed by atoms with Crippen LogP contribution in [0.3, 0.4) is 0 Å². The lowest BCUT2D eigenvalue weighted by Gasteiger charge is -2.08. The topological polar surface area (TPSA) is 110 Å². The molecule has 1 saturated heterocycles. The van der Waals surface area contributed by atoms with Crippen molar-refractivity contribution in [2.24, 2.45) is 10.2 Å². The van der Waals surface area contributed by atoms with E-state index in [1.165, 1.54) is 13.3 Å². The number of carboxylic acids is 1. The number of benzene rings is 1. The van der Waals surface area contributed by atoms with Crippen molar-refractivity contribution in [1.29, 1.82) is 0 Å². The number of methoxy groups -OCH3 is 2. The van der Waals surface area contributed by atoms with Crippen LogP contribution in [0.15, 0.2) is 26.8 Å². The number of nitrogens with zero attached hydrogens (tertiary/aromatic N) is 2. The number of carboxylic acid groups (broad SMARTS) is 1. The van der Waals surface area contributed by atoms with Crippen molar-refractivity contribution in [3.63, 3.8) is 0 Å². The molecule has 2 N–H and O–H groups in total. The van der Waals surface area contributed by atoms with Gasteiger partial charge in [0.15, 0.2) is 5.17 Å². The van der Waals surface area contributed by atoms with Crippen molar-refractivity contribution in [1.82, 2.24) is 5.32 Å². The highest BCUT2D eigenvalue weighted by Gasteiger charge is 2.32. The van der Waals surface area contributed by atoms with E-state index >= 15 is 0 Å². The van der Waals surface area contributed by atoms with E-state index in [-0.39, 0.29) is 17.5 Å². The zero-order chi connectivity index (χ0) is 17.7. The molecule has 0 saturated carbocycles. The number of aliphatic carboxylic acids is 1. The molecular formula is C14H14BrN3O5S. The summed E-state index contributed by atoms with van der Waals surface area (Å²) in [6, 6.07) is 3.46. The second-order valence-corrected chi connectivity index (χ2v) is 6.62. The maximum Gasteiger partial charge on any atom is 0.305 e. The lowest BCUT2D eigenvalue weighted by atomic mass is 10.2. The minimum absolute atomic E-state index is 0.258. The third-order valence-electron chi connectivity index (χ3n) is 2.99. The minimum Gasteiger partial charge on any atom is -0.496 e. The van der Waals surface area contributed by atoms with Crippen LogP contribution in [0, 0.1) is 0 Å². The van der Waals surface area contributed by atoms with Crippen molar-refractivity contribution >= 4 is 51.0 Å². The number of ether oxygens (including phenoxy) is 2. The lowest BCUT2D eigenvalue weighted by molar-refractivity contribution is -0.138. The van der Waals surface area contributed by atoms with Crippen LogP contribution in [0.1, 0.15) is 12.0 Å². The molecule has 0 aliphatic carbocycles. The van der Waals surface area contributed by atoms with E-state index in [1.54, 1.807) is 19.2 Å². The fourth-order valence-electron chi connectivity index (χ4n) is 1.87. The number of amidine groups is 1. The molecule has 128 valence electrons. The Kier molecular flexibility index (Phi) is 6.21. The van der Waals surface area contributed by atoms with Gasteiger partial charge in [0.25, 0.3) is 0 Å². The molecule has 1 heterocycles. The summed E-state index contributed by atoms with van der Waals surface area (Å²) in [5.41, 5.74) is 0.658. The Bertz CT molecular complexity index is 723. The van der Waals surface area contributed by atoms with Crippen LogP contribution >= 0.6 is 27.7 Å². The highest BCUT2D eigenvalue weighted by molar-refractivity contribution is 9.10. The summed E-state index contributed by atoms with van der Waals surface area (Å²) >= 11 is 4.41. The van der Waals surface area contributed by atoms with Gasteiger partial charge < -0.3 is 19.9 Å². The first-order chi connectivity index (χ1) is 11.4. The van der Waals surface area contributed by atoms with Crippen molar-refractivity contribution in [3.05, 3.63) is 22.2 Å². The largest absolute Gasteiger partial charge is 0.496 e. The number of carbonyl (C=O) groups excluding carboxylic acids is 1. The number of rotatable bonds is 6. The molecule has 0 bridgehead atoms. The van der Waals surface area contributed by atoms with E-state index in [0.717, 1.165) is 16.2 Å². The summed E-state index contributed by atoms with van der Waals surface area (Å²) < 4.78 is 11.2. The molecule has 1 aromatic rings. The summed E-state index contributed by atoms with van der Waals surface area (Å²) in [5, 5.41) is 18.6. The van der Waals surface area contributed by atoms with E-state index in [2.05, 4.69) is 31.4 Å². The Hall–Kier alpha value is -2.07. The lowest BCUT2D eigenvalue weighted by Crippen LogP contribution is -2.26. The smallest absolute Gasteiger partial charge is 0.305 e. The van der Waals surface area contributed by atoms with E-state index < -0.39 is 11.2 Å². The third kappa shape index (κ3) is 4.48. The van der Waals surface area contributed by atoms with Crippen LogP contribution in [0.25, 0.3) is 0 Å². The zero-order valence-electron chi connectivity index (χ0n) is 12.8. The first-order valence-electron chi connectivity index (χ1n) is 6.66. The summed E-state index contributed by atoms with van der Waals surface area (Å²) in [7, 11) is 3.07. The van der Waals surface area contributed by atoms with Gasteiger partial charge in [0.1, 0.15) is 16.7 Å². The average Bonchev–Trinajstić information content (AvgIpc) is 2.86. The van der Waals surface area contributed by atoms with E-state index in [1.807, 2.05) is 0 Å². The van der Waals surface area contributed by atoms with Crippen LogP contribution in [0.4, 0.5) is 0 Å². The summed E-state index contributed by atoms with van der Waals surface area (Å²) in [6.45, 7) is 0. The number of halogens is 1. The fourth-order valence-corrected chi connectivity index (χ4v) is 3.31. The van der Waals surface area contributed by atoms with Crippen molar-refractivity contribution in [2.45, 2.75) is 11.7 Å². The van der Waals surface area contributed by atoms with Gasteiger partial charge in [-0.15, -0.1) is 5.10 Å². The molecule has 1 atom stereocenters. The molecule has 1 amide bonds. The maximum absolute atomic E-state index is 11.6. The van der Waals surface area contributed by atoms with Gasteiger partial charge in [-0.1, -0.05) is 11.8 Å². The monoisotopic (exact) mass is 415 g/mol. The Balaban J connectivity index is 2.13. The van der Waals surface area contributed by atoms with Gasteiger partial charge in [-0.3, -0.25) is 9.59 Å². The van der Waals surface area contributed by atoms with Gasteiger partial charge in [-0.2, -0.15) is 5.10 Å². The van der Waals surface area contributed by atoms with E-state index in [9.17, 15) is 9.59 Å². The molecule has 1 unspecified atom stereocenters. The van der Waals surface area contributed by atoms with E-state index in [0.29, 0.717) is 17.1 Å². The van der Waals surface area contributed by atoms with Gasteiger partial charge >= 0.3 is 5.97 Å². The van der Waals surface area contributed by atoms with Gasteiger partial charge in [-0.25, -0.2) is 0 Å².